The zero-order chi connectivity index (χ0) is 25.7. The molecule has 0 saturated heterocycles. The lowest BCUT2D eigenvalue weighted by atomic mass is 10.0. The predicted octanol–water partition coefficient (Wildman–Crippen LogP) is 2.87. The average Bonchev–Trinajstić information content (AvgIpc) is 3.06. The van der Waals surface area contributed by atoms with Gasteiger partial charge in [-0.1, -0.05) is 0 Å². The third-order valence-corrected chi connectivity index (χ3v) is 7.88. The molecule has 0 fully saturated rings. The number of halogens is 1. The number of hydrogen-bond donors (Lipinski definition) is 1. The fourth-order valence-corrected chi connectivity index (χ4v) is 6.09. The van der Waals surface area contributed by atoms with Crippen LogP contribution in [-0.2, 0) is 24.6 Å². The zero-order valence-electron chi connectivity index (χ0n) is 19.5. The van der Waals surface area contributed by atoms with Crippen LogP contribution in [0.5, 0.6) is 0 Å². The summed E-state index contributed by atoms with van der Waals surface area (Å²) in [7, 11) is -5.82. The highest BCUT2D eigenvalue weighted by molar-refractivity contribution is 7.92. The lowest BCUT2D eigenvalue weighted by Crippen LogP contribution is -2.39. The number of rotatable bonds is 5. The van der Waals surface area contributed by atoms with Crippen LogP contribution >= 0.6 is 0 Å². The Balaban J connectivity index is 1.96. The molecular formula is C23H25FN2O7S2. The molecule has 2 aromatic carbocycles. The Hall–Kier alpha value is -2.96. The number of sulfonamides is 1. The van der Waals surface area contributed by atoms with Gasteiger partial charge in [0.05, 0.1) is 42.0 Å². The predicted molar refractivity (Wildman–Crippen MR) is 130 cm³/mol. The van der Waals surface area contributed by atoms with Crippen molar-refractivity contribution in [2.24, 2.45) is 0 Å². The summed E-state index contributed by atoms with van der Waals surface area (Å²) in [5, 5.41) is 2.98. The van der Waals surface area contributed by atoms with E-state index < -0.39 is 43.8 Å². The van der Waals surface area contributed by atoms with Crippen molar-refractivity contribution in [3.63, 3.8) is 0 Å². The minimum Gasteiger partial charge on any atom is -0.455 e. The standard InChI is InChI=1S/C23H25FN2O7S2/c1-13-17-9-18-20(33-22(21(18)23(27)25-2)14-5-7-15(24)8-6-14)10-19(17)26(35(4,30)31)11-16(32-13)12-34(3,28)29/h5-10,13,16H,11-12H2,1-4H3,(H,25,27)/t13-,16+/m1/s1. The van der Waals surface area contributed by atoms with E-state index in [1.165, 1.54) is 37.4 Å². The SMILES string of the molecule is CNC(=O)c1c(-c2ccc(F)cc2)oc2cc3c(cc12)[C@@H](C)O[C@H](CS(C)(=O)=O)CN3S(C)(=O)=O. The maximum absolute atomic E-state index is 13.5. The molecule has 0 unspecified atom stereocenters. The number of sulfone groups is 1. The van der Waals surface area contributed by atoms with Gasteiger partial charge in [-0.05, 0) is 37.3 Å². The van der Waals surface area contributed by atoms with Gasteiger partial charge in [0.15, 0.2) is 0 Å². The van der Waals surface area contributed by atoms with E-state index in [0.717, 1.165) is 16.8 Å². The van der Waals surface area contributed by atoms with Crippen molar-refractivity contribution in [1.29, 1.82) is 0 Å². The zero-order valence-corrected chi connectivity index (χ0v) is 21.2. The van der Waals surface area contributed by atoms with Gasteiger partial charge in [-0.2, -0.15) is 0 Å². The largest absolute Gasteiger partial charge is 0.455 e. The highest BCUT2D eigenvalue weighted by atomic mass is 32.2. The number of benzene rings is 2. The molecule has 2 atom stereocenters. The van der Waals surface area contributed by atoms with Gasteiger partial charge in [-0.25, -0.2) is 21.2 Å². The number of amides is 1. The summed E-state index contributed by atoms with van der Waals surface area (Å²) >= 11 is 0. The van der Waals surface area contributed by atoms with E-state index in [1.807, 2.05) is 0 Å². The van der Waals surface area contributed by atoms with Crippen LogP contribution in [0.3, 0.4) is 0 Å². The molecule has 1 amide bonds. The minimum atomic E-state index is -3.83. The van der Waals surface area contributed by atoms with Gasteiger partial charge in [0.2, 0.25) is 10.0 Å². The number of nitrogens with one attached hydrogen (secondary N) is 1. The molecule has 3 aromatic rings. The van der Waals surface area contributed by atoms with Gasteiger partial charge in [0, 0.05) is 35.9 Å². The summed E-state index contributed by atoms with van der Waals surface area (Å²) in [6, 6.07) is 8.58. The van der Waals surface area contributed by atoms with E-state index in [9.17, 15) is 26.0 Å². The van der Waals surface area contributed by atoms with E-state index in [-0.39, 0.29) is 34.9 Å². The van der Waals surface area contributed by atoms with Crippen LogP contribution in [-0.4, -0.2) is 60.7 Å². The van der Waals surface area contributed by atoms with Crippen LogP contribution in [0.2, 0.25) is 0 Å². The highest BCUT2D eigenvalue weighted by Gasteiger charge is 2.35. The average molecular weight is 525 g/mol. The number of anilines is 1. The van der Waals surface area contributed by atoms with Gasteiger partial charge in [-0.3, -0.25) is 9.10 Å². The van der Waals surface area contributed by atoms with E-state index in [1.54, 1.807) is 13.0 Å². The van der Waals surface area contributed by atoms with Crippen LogP contribution in [0.15, 0.2) is 40.8 Å². The quantitative estimate of drug-likeness (QED) is 0.544. The van der Waals surface area contributed by atoms with Gasteiger partial charge in [0.25, 0.3) is 5.91 Å². The third kappa shape index (κ3) is 5.04. The maximum atomic E-state index is 13.5. The number of nitrogens with zero attached hydrogens (tertiary/aromatic N) is 1. The number of furan rings is 1. The first-order chi connectivity index (χ1) is 16.3. The summed E-state index contributed by atoms with van der Waals surface area (Å²) in [6.45, 7) is 1.48. The molecule has 1 aliphatic rings. The Labute approximate surface area is 202 Å². The van der Waals surface area contributed by atoms with Crippen molar-refractivity contribution in [1.82, 2.24) is 5.32 Å². The Kier molecular flexibility index (Phi) is 6.41. The molecule has 0 spiro atoms. The summed E-state index contributed by atoms with van der Waals surface area (Å²) in [4.78, 5) is 12.9. The van der Waals surface area contributed by atoms with E-state index >= 15 is 0 Å². The molecule has 9 nitrogen and oxygen atoms in total. The first kappa shape index (κ1) is 25.1. The second-order valence-electron chi connectivity index (χ2n) is 8.59. The van der Waals surface area contributed by atoms with E-state index in [0.29, 0.717) is 16.5 Å². The molecule has 35 heavy (non-hydrogen) atoms. The fraction of sp³-hybridized carbons (Fsp3) is 0.348. The van der Waals surface area contributed by atoms with Crippen molar-refractivity contribution < 1.29 is 35.2 Å². The first-order valence-electron chi connectivity index (χ1n) is 10.7. The lowest BCUT2D eigenvalue weighted by Gasteiger charge is -2.24. The number of hydrogen-bond acceptors (Lipinski definition) is 7. The second-order valence-corrected chi connectivity index (χ2v) is 12.7. The molecule has 0 bridgehead atoms. The lowest BCUT2D eigenvalue weighted by molar-refractivity contribution is 0.0193. The Bertz CT molecular complexity index is 1510. The van der Waals surface area contributed by atoms with Crippen LogP contribution in [0.4, 0.5) is 10.1 Å². The number of ether oxygens (including phenoxy) is 1. The molecule has 1 aromatic heterocycles. The molecule has 1 aliphatic heterocycles. The van der Waals surface area contributed by atoms with Crippen molar-refractivity contribution in [2.75, 3.05) is 36.2 Å². The van der Waals surface area contributed by atoms with Crippen LogP contribution in [0.1, 0.15) is 28.9 Å². The normalized spacial score (nSPS) is 18.8. The number of fused-ring (bicyclic) bond motifs is 2. The molecule has 12 heteroatoms. The van der Waals surface area contributed by atoms with Crippen molar-refractivity contribution >= 4 is 42.4 Å². The second kappa shape index (κ2) is 8.92. The molecule has 0 saturated carbocycles. The van der Waals surface area contributed by atoms with Gasteiger partial charge in [0.1, 0.15) is 27.0 Å². The third-order valence-electron chi connectivity index (χ3n) is 5.76. The van der Waals surface area contributed by atoms with E-state index in [2.05, 4.69) is 5.32 Å². The molecule has 188 valence electrons. The first-order valence-corrected chi connectivity index (χ1v) is 14.6. The number of carbonyl (C=O) groups is 1. The summed E-state index contributed by atoms with van der Waals surface area (Å²) < 4.78 is 75.8. The Morgan fingerprint density at radius 1 is 1.14 bits per heavy atom. The van der Waals surface area contributed by atoms with Crippen molar-refractivity contribution in [3.8, 4) is 11.3 Å². The topological polar surface area (TPSA) is 123 Å². The number of carbonyl (C=O) groups excluding carboxylic acids is 1. The summed E-state index contributed by atoms with van der Waals surface area (Å²) in [5.74, 6) is -1.04. The fourth-order valence-electron chi connectivity index (χ4n) is 4.28. The van der Waals surface area contributed by atoms with Gasteiger partial charge >= 0.3 is 0 Å². The van der Waals surface area contributed by atoms with Crippen LogP contribution < -0.4 is 9.62 Å². The molecule has 4 rings (SSSR count). The highest BCUT2D eigenvalue weighted by Crippen LogP contribution is 2.42. The van der Waals surface area contributed by atoms with Crippen molar-refractivity contribution in [3.05, 3.63) is 53.3 Å². The Morgan fingerprint density at radius 3 is 2.37 bits per heavy atom. The maximum Gasteiger partial charge on any atom is 0.255 e. The van der Waals surface area contributed by atoms with Gasteiger partial charge in [-0.15, -0.1) is 0 Å². The van der Waals surface area contributed by atoms with Crippen LogP contribution in [0, 0.1) is 5.82 Å². The van der Waals surface area contributed by atoms with Crippen molar-refractivity contribution in [2.45, 2.75) is 19.1 Å². The Morgan fingerprint density at radius 2 is 1.80 bits per heavy atom. The molecule has 1 N–H and O–H groups in total. The minimum absolute atomic E-state index is 0.201. The molecule has 2 heterocycles. The molecule has 0 radical (unpaired) electrons. The van der Waals surface area contributed by atoms with Gasteiger partial charge < -0.3 is 14.5 Å². The summed E-state index contributed by atoms with van der Waals surface area (Å²) in [5.41, 5.74) is 1.63. The molecule has 0 aliphatic carbocycles. The molecular weight excluding hydrogens is 499 g/mol. The smallest absolute Gasteiger partial charge is 0.255 e. The monoisotopic (exact) mass is 524 g/mol. The van der Waals surface area contributed by atoms with Crippen LogP contribution in [0.25, 0.3) is 22.3 Å². The summed E-state index contributed by atoms with van der Waals surface area (Å²) in [6.07, 6.45) is 0.497. The van der Waals surface area contributed by atoms with E-state index in [4.69, 9.17) is 9.15 Å².